The van der Waals surface area contributed by atoms with Crippen LogP contribution in [0.5, 0.6) is 0 Å². The van der Waals surface area contributed by atoms with Gasteiger partial charge in [-0.25, -0.2) is 0 Å². The van der Waals surface area contributed by atoms with E-state index in [0.29, 0.717) is 13.2 Å². The lowest BCUT2D eigenvalue weighted by atomic mass is 10.5. The summed E-state index contributed by atoms with van der Waals surface area (Å²) in [5, 5.41) is 0. The van der Waals surface area contributed by atoms with Gasteiger partial charge in [0.25, 0.3) is 0 Å². The van der Waals surface area contributed by atoms with Crippen LogP contribution in [0, 0.1) is 0 Å². The van der Waals surface area contributed by atoms with E-state index in [2.05, 4.69) is 13.5 Å². The summed E-state index contributed by atoms with van der Waals surface area (Å²) in [5.74, 6) is 0. The smallest absolute Gasteiger partial charge is 0.367 e. The van der Waals surface area contributed by atoms with Crippen molar-refractivity contribution in [2.75, 3.05) is 26.4 Å². The molecule has 0 saturated carbocycles. The summed E-state index contributed by atoms with van der Waals surface area (Å²) in [6.07, 6.45) is 1.19. The number of epoxide rings is 1. The van der Waals surface area contributed by atoms with Crippen molar-refractivity contribution in [3.63, 3.8) is 0 Å². The van der Waals surface area contributed by atoms with Crippen molar-refractivity contribution in [3.05, 3.63) is 0 Å². The van der Waals surface area contributed by atoms with Gasteiger partial charge in [-0.3, -0.25) is 0 Å². The monoisotopic (exact) mass is 248 g/mol. The molecule has 1 aliphatic heterocycles. The molecule has 96 valence electrons. The molecule has 1 heterocycles. The van der Waals surface area contributed by atoms with E-state index in [1.807, 2.05) is 13.8 Å². The minimum atomic E-state index is -2.26. The zero-order chi connectivity index (χ0) is 12.0. The SMILES string of the molecule is CCCOC(C1CO1)[Si](C)(OCC)OCC. The first-order valence-electron chi connectivity index (χ1n) is 6.19. The molecule has 4 nitrogen and oxygen atoms in total. The van der Waals surface area contributed by atoms with Crippen molar-refractivity contribution < 1.29 is 18.3 Å². The van der Waals surface area contributed by atoms with Gasteiger partial charge in [-0.05, 0) is 26.8 Å². The van der Waals surface area contributed by atoms with E-state index < -0.39 is 8.56 Å². The molecule has 1 fully saturated rings. The van der Waals surface area contributed by atoms with Crippen LogP contribution in [0.4, 0.5) is 0 Å². The fourth-order valence-electron chi connectivity index (χ4n) is 1.85. The molecule has 16 heavy (non-hydrogen) atoms. The zero-order valence-electron chi connectivity index (χ0n) is 10.8. The molecule has 0 aromatic rings. The lowest BCUT2D eigenvalue weighted by Crippen LogP contribution is -2.55. The van der Waals surface area contributed by atoms with Crippen molar-refractivity contribution in [2.45, 2.75) is 45.6 Å². The molecule has 0 spiro atoms. The van der Waals surface area contributed by atoms with Crippen molar-refractivity contribution in [2.24, 2.45) is 0 Å². The fraction of sp³-hybridized carbons (Fsp3) is 1.00. The van der Waals surface area contributed by atoms with Gasteiger partial charge in [0.15, 0.2) is 0 Å². The lowest BCUT2D eigenvalue weighted by molar-refractivity contribution is 0.0338. The Bertz CT molecular complexity index is 190. The maximum Gasteiger partial charge on any atom is 0.367 e. The van der Waals surface area contributed by atoms with Crippen LogP contribution in [0.15, 0.2) is 0 Å². The second-order valence-electron chi connectivity index (χ2n) is 4.05. The predicted octanol–water partition coefficient (Wildman–Crippen LogP) is 1.86. The summed E-state index contributed by atoms with van der Waals surface area (Å²) in [6, 6.07) is 0. The Morgan fingerprint density at radius 3 is 2.19 bits per heavy atom. The van der Waals surface area contributed by atoms with Crippen LogP contribution in [0.25, 0.3) is 0 Å². The average Bonchev–Trinajstić information content (AvgIpc) is 3.03. The van der Waals surface area contributed by atoms with Gasteiger partial charge in [-0.1, -0.05) is 6.92 Å². The van der Waals surface area contributed by atoms with Crippen LogP contribution in [0.3, 0.4) is 0 Å². The molecule has 1 saturated heterocycles. The fourth-order valence-corrected chi connectivity index (χ4v) is 4.70. The summed E-state index contributed by atoms with van der Waals surface area (Å²) in [5.41, 5.74) is 0.00681. The van der Waals surface area contributed by atoms with E-state index in [1.54, 1.807) is 0 Å². The predicted molar refractivity (Wildman–Crippen MR) is 64.6 cm³/mol. The highest BCUT2D eigenvalue weighted by molar-refractivity contribution is 6.67. The molecule has 0 aliphatic carbocycles. The van der Waals surface area contributed by atoms with Crippen LogP contribution in [-0.4, -0.2) is 46.8 Å². The van der Waals surface area contributed by atoms with E-state index >= 15 is 0 Å². The molecule has 2 atom stereocenters. The minimum Gasteiger partial charge on any atom is -0.393 e. The zero-order valence-corrected chi connectivity index (χ0v) is 11.8. The number of hydrogen-bond acceptors (Lipinski definition) is 4. The summed E-state index contributed by atoms with van der Waals surface area (Å²) in [4.78, 5) is 0. The molecule has 0 aromatic heterocycles. The Labute approximate surface area is 99.5 Å². The third kappa shape index (κ3) is 3.82. The summed E-state index contributed by atoms with van der Waals surface area (Å²) < 4.78 is 22.9. The standard InChI is InChI=1S/C11H24O4Si/c1-5-8-12-11(10-9-13-10)16(4,14-6-2)15-7-3/h10-11H,5-9H2,1-4H3. The maximum atomic E-state index is 5.87. The van der Waals surface area contributed by atoms with Crippen LogP contribution >= 0.6 is 0 Å². The molecular weight excluding hydrogens is 224 g/mol. The minimum absolute atomic E-state index is 0.00681. The molecule has 0 N–H and O–H groups in total. The Morgan fingerprint density at radius 2 is 1.81 bits per heavy atom. The van der Waals surface area contributed by atoms with E-state index in [1.165, 1.54) is 0 Å². The lowest BCUT2D eigenvalue weighted by Gasteiger charge is -2.32. The largest absolute Gasteiger partial charge is 0.393 e. The van der Waals surface area contributed by atoms with Crippen molar-refractivity contribution in [1.82, 2.24) is 0 Å². The Morgan fingerprint density at radius 1 is 1.25 bits per heavy atom. The third-order valence-corrected chi connectivity index (χ3v) is 5.87. The van der Waals surface area contributed by atoms with Gasteiger partial charge in [0.1, 0.15) is 11.8 Å². The molecule has 1 aliphatic rings. The van der Waals surface area contributed by atoms with Gasteiger partial charge < -0.3 is 18.3 Å². The van der Waals surface area contributed by atoms with E-state index in [-0.39, 0.29) is 11.8 Å². The number of rotatable bonds is 9. The first-order chi connectivity index (χ1) is 7.68. The van der Waals surface area contributed by atoms with Gasteiger partial charge in [-0.15, -0.1) is 0 Å². The van der Waals surface area contributed by atoms with E-state index in [9.17, 15) is 0 Å². The normalized spacial score (nSPS) is 22.1. The van der Waals surface area contributed by atoms with Crippen molar-refractivity contribution in [1.29, 1.82) is 0 Å². The molecule has 2 unspecified atom stereocenters. The van der Waals surface area contributed by atoms with E-state index in [0.717, 1.165) is 19.6 Å². The Balaban J connectivity index is 2.61. The Hall–Kier alpha value is 0.0569. The molecule has 5 heteroatoms. The molecular formula is C11H24O4Si. The van der Waals surface area contributed by atoms with Gasteiger partial charge >= 0.3 is 8.56 Å². The topological polar surface area (TPSA) is 40.2 Å². The van der Waals surface area contributed by atoms with Crippen LogP contribution < -0.4 is 0 Å². The highest BCUT2D eigenvalue weighted by Crippen LogP contribution is 2.27. The first kappa shape index (κ1) is 14.1. The molecule has 0 aromatic carbocycles. The first-order valence-corrected chi connectivity index (χ1v) is 8.58. The average molecular weight is 248 g/mol. The molecule has 0 bridgehead atoms. The third-order valence-electron chi connectivity index (χ3n) is 2.58. The second-order valence-corrected chi connectivity index (χ2v) is 7.22. The summed E-state index contributed by atoms with van der Waals surface area (Å²) in [7, 11) is -2.26. The van der Waals surface area contributed by atoms with Gasteiger partial charge in [0.2, 0.25) is 0 Å². The molecule has 0 amide bonds. The van der Waals surface area contributed by atoms with Gasteiger partial charge in [-0.2, -0.15) is 0 Å². The number of ether oxygens (including phenoxy) is 2. The highest BCUT2D eigenvalue weighted by atomic mass is 28.4. The van der Waals surface area contributed by atoms with Crippen LogP contribution in [-0.2, 0) is 18.3 Å². The maximum absolute atomic E-state index is 5.87. The molecule has 1 rings (SSSR count). The van der Waals surface area contributed by atoms with Crippen molar-refractivity contribution in [3.8, 4) is 0 Å². The highest BCUT2D eigenvalue weighted by Gasteiger charge is 2.51. The molecule has 0 radical (unpaired) electrons. The second kappa shape index (κ2) is 6.71. The van der Waals surface area contributed by atoms with Crippen LogP contribution in [0.1, 0.15) is 27.2 Å². The number of hydrogen-bond donors (Lipinski definition) is 0. The van der Waals surface area contributed by atoms with Gasteiger partial charge in [0.05, 0.1) is 6.61 Å². The van der Waals surface area contributed by atoms with Crippen LogP contribution in [0.2, 0.25) is 6.55 Å². The van der Waals surface area contributed by atoms with Crippen molar-refractivity contribution >= 4 is 8.56 Å². The Kier molecular flexibility index (Phi) is 5.92. The van der Waals surface area contributed by atoms with Gasteiger partial charge in [0, 0.05) is 19.8 Å². The summed E-state index contributed by atoms with van der Waals surface area (Å²) >= 11 is 0. The quantitative estimate of drug-likeness (QED) is 0.461. The summed E-state index contributed by atoms with van der Waals surface area (Å²) in [6.45, 7) is 11.0. The van der Waals surface area contributed by atoms with E-state index in [4.69, 9.17) is 18.3 Å².